The number of fused-ring (bicyclic) bond motifs is 20. The van der Waals surface area contributed by atoms with Crippen LogP contribution in [0.25, 0.3) is 89.6 Å². The SMILES string of the molecule is Brc1c(C2C=Cc3c(c4c(c5ccccc35)-c3c(ccc5ccccc35)N=4)=C2)cccc1C1C=Cc2c(c3c(c4ccccc24)-c2c(ccc4ccccc24)N=3)=C1. The van der Waals surface area contributed by atoms with Crippen LogP contribution in [0.3, 0.4) is 0 Å². The van der Waals surface area contributed by atoms with Crippen molar-refractivity contribution in [3.8, 4) is 22.3 Å². The highest BCUT2D eigenvalue weighted by molar-refractivity contribution is 9.10. The lowest BCUT2D eigenvalue weighted by molar-refractivity contribution is 1.06. The van der Waals surface area contributed by atoms with E-state index in [0.717, 1.165) is 26.6 Å². The molecule has 9 aromatic rings. The second kappa shape index (κ2) is 11.7. The second-order valence-corrected chi connectivity index (χ2v) is 16.4. The summed E-state index contributed by atoms with van der Waals surface area (Å²) < 4.78 is 1.14. The molecule has 0 aromatic heterocycles. The Kier molecular flexibility index (Phi) is 6.45. The minimum atomic E-state index is 0.0681. The fraction of sp³-hybridized carbons (Fsp3) is 0.0370. The molecule has 0 radical (unpaired) electrons. The van der Waals surface area contributed by atoms with Crippen LogP contribution in [0.2, 0.25) is 0 Å². The van der Waals surface area contributed by atoms with Crippen LogP contribution in [0.15, 0.2) is 166 Å². The van der Waals surface area contributed by atoms with E-state index in [1.54, 1.807) is 0 Å². The number of benzene rings is 9. The maximum absolute atomic E-state index is 5.37. The first-order valence-corrected chi connectivity index (χ1v) is 20.5. The summed E-state index contributed by atoms with van der Waals surface area (Å²) in [5, 5.41) is 14.6. The fourth-order valence-electron chi connectivity index (χ4n) is 10.2. The van der Waals surface area contributed by atoms with E-state index in [2.05, 4.69) is 192 Å². The van der Waals surface area contributed by atoms with Crippen molar-refractivity contribution in [2.45, 2.75) is 11.8 Å². The summed E-state index contributed by atoms with van der Waals surface area (Å²) in [6.45, 7) is 0. The van der Waals surface area contributed by atoms with Gasteiger partial charge in [-0.05, 0) is 77.5 Å². The van der Waals surface area contributed by atoms with Gasteiger partial charge in [-0.1, -0.05) is 180 Å². The van der Waals surface area contributed by atoms with Gasteiger partial charge in [-0.3, -0.25) is 0 Å². The second-order valence-electron chi connectivity index (χ2n) is 15.6. The molecule has 0 bridgehead atoms. The highest BCUT2D eigenvalue weighted by Gasteiger charge is 2.27. The van der Waals surface area contributed by atoms with Crippen molar-refractivity contribution in [3.05, 3.63) is 200 Å². The first-order chi connectivity index (χ1) is 28.2. The summed E-state index contributed by atoms with van der Waals surface area (Å²) >= 11 is 4.18. The number of nitrogens with zero attached hydrogens (tertiary/aromatic N) is 2. The van der Waals surface area contributed by atoms with Crippen molar-refractivity contribution in [3.63, 3.8) is 0 Å². The minimum absolute atomic E-state index is 0.0681. The lowest BCUT2D eigenvalue weighted by Crippen LogP contribution is -2.31. The summed E-state index contributed by atoms with van der Waals surface area (Å²) in [7, 11) is 0. The zero-order valence-corrected chi connectivity index (χ0v) is 32.3. The van der Waals surface area contributed by atoms with Crippen LogP contribution in [0.5, 0.6) is 0 Å². The third-order valence-electron chi connectivity index (χ3n) is 12.7. The molecule has 13 rings (SSSR count). The molecule has 264 valence electrons. The van der Waals surface area contributed by atoms with Gasteiger partial charge in [-0.15, -0.1) is 0 Å². The lowest BCUT2D eigenvalue weighted by Gasteiger charge is -2.22. The van der Waals surface area contributed by atoms with Crippen LogP contribution in [-0.4, -0.2) is 0 Å². The highest BCUT2D eigenvalue weighted by Crippen LogP contribution is 2.45. The molecule has 9 aromatic carbocycles. The van der Waals surface area contributed by atoms with E-state index < -0.39 is 0 Å². The summed E-state index contributed by atoms with van der Waals surface area (Å²) in [4.78, 5) is 10.7. The molecule has 0 saturated carbocycles. The number of hydrogen-bond acceptors (Lipinski definition) is 2. The van der Waals surface area contributed by atoms with E-state index >= 15 is 0 Å². The van der Waals surface area contributed by atoms with E-state index in [-0.39, 0.29) is 11.8 Å². The molecule has 0 N–H and O–H groups in total. The van der Waals surface area contributed by atoms with Crippen molar-refractivity contribution in [1.29, 1.82) is 0 Å². The number of halogens is 1. The Morgan fingerprint density at radius 1 is 0.386 bits per heavy atom. The maximum Gasteiger partial charge on any atom is 0.0798 e. The molecule has 3 heteroatoms. The summed E-state index contributed by atoms with van der Waals surface area (Å²) in [6.07, 6.45) is 14.3. The fourth-order valence-corrected chi connectivity index (χ4v) is 11.0. The van der Waals surface area contributed by atoms with Gasteiger partial charge in [0.15, 0.2) is 0 Å². The Morgan fingerprint density at radius 3 is 1.28 bits per heavy atom. The van der Waals surface area contributed by atoms with Gasteiger partial charge in [0.05, 0.1) is 22.1 Å². The van der Waals surface area contributed by atoms with Crippen molar-refractivity contribution >= 4 is 94.7 Å². The van der Waals surface area contributed by atoms with Crippen LogP contribution in [-0.2, 0) is 0 Å². The Hall–Kier alpha value is -6.68. The van der Waals surface area contributed by atoms with Gasteiger partial charge in [0.25, 0.3) is 0 Å². The molecule has 2 aliphatic heterocycles. The average Bonchev–Trinajstić information content (AvgIpc) is 3.87. The first kappa shape index (κ1) is 31.5. The molecule has 0 spiro atoms. The van der Waals surface area contributed by atoms with Gasteiger partial charge in [0, 0.05) is 49.0 Å². The summed E-state index contributed by atoms with van der Waals surface area (Å²) in [5.74, 6) is 0.136. The maximum atomic E-state index is 5.37. The molecule has 4 aliphatic rings. The van der Waals surface area contributed by atoms with Gasteiger partial charge < -0.3 is 0 Å². The molecule has 2 nitrogen and oxygen atoms in total. The molecule has 2 heterocycles. The Morgan fingerprint density at radius 2 is 0.807 bits per heavy atom. The zero-order chi connectivity index (χ0) is 37.4. The number of allylic oxidation sites excluding steroid dienone is 2. The topological polar surface area (TPSA) is 24.7 Å². The molecular formula is C54H31BrN2. The molecule has 0 saturated heterocycles. The van der Waals surface area contributed by atoms with Gasteiger partial charge in [0.2, 0.25) is 0 Å². The van der Waals surface area contributed by atoms with Crippen molar-refractivity contribution in [1.82, 2.24) is 0 Å². The molecule has 0 fully saturated rings. The van der Waals surface area contributed by atoms with E-state index in [4.69, 9.17) is 9.98 Å². The molecular weight excluding hydrogens is 757 g/mol. The van der Waals surface area contributed by atoms with Crippen LogP contribution in [0.1, 0.15) is 34.1 Å². The van der Waals surface area contributed by atoms with Crippen molar-refractivity contribution in [2.24, 2.45) is 9.98 Å². The zero-order valence-electron chi connectivity index (χ0n) is 30.7. The largest absolute Gasteiger partial charge is 0.247 e. The van der Waals surface area contributed by atoms with Crippen molar-refractivity contribution < 1.29 is 0 Å². The molecule has 2 atom stereocenters. The Balaban J connectivity index is 0.986. The molecule has 2 aliphatic carbocycles. The molecule has 0 amide bonds. The van der Waals surface area contributed by atoms with Gasteiger partial charge >= 0.3 is 0 Å². The Labute approximate surface area is 336 Å². The Bertz CT molecular complexity index is 3430. The van der Waals surface area contributed by atoms with E-state index in [1.165, 1.54) is 98.0 Å². The van der Waals surface area contributed by atoms with Crippen LogP contribution in [0, 0.1) is 0 Å². The quantitative estimate of drug-likeness (QED) is 0.167. The van der Waals surface area contributed by atoms with Gasteiger partial charge in [0.1, 0.15) is 0 Å². The van der Waals surface area contributed by atoms with Crippen molar-refractivity contribution in [2.75, 3.05) is 0 Å². The molecule has 57 heavy (non-hydrogen) atoms. The monoisotopic (exact) mass is 786 g/mol. The molecule has 2 unspecified atom stereocenters. The average molecular weight is 788 g/mol. The minimum Gasteiger partial charge on any atom is -0.247 e. The van der Waals surface area contributed by atoms with E-state index in [9.17, 15) is 0 Å². The number of rotatable bonds is 2. The van der Waals surface area contributed by atoms with Gasteiger partial charge in [-0.25, -0.2) is 9.98 Å². The normalized spacial score (nSPS) is 16.6. The van der Waals surface area contributed by atoms with E-state index in [0.29, 0.717) is 0 Å². The highest BCUT2D eigenvalue weighted by atomic mass is 79.9. The predicted octanol–water partition coefficient (Wildman–Crippen LogP) is 12.1. The lowest BCUT2D eigenvalue weighted by atomic mass is 9.83. The summed E-state index contributed by atoms with van der Waals surface area (Å²) in [5.41, 5.74) is 12.1. The number of hydrogen-bond donors (Lipinski definition) is 0. The van der Waals surface area contributed by atoms with Gasteiger partial charge in [-0.2, -0.15) is 0 Å². The smallest absolute Gasteiger partial charge is 0.0798 e. The van der Waals surface area contributed by atoms with Crippen LogP contribution < -0.4 is 21.2 Å². The predicted molar refractivity (Wildman–Crippen MR) is 241 cm³/mol. The van der Waals surface area contributed by atoms with E-state index in [1.807, 2.05) is 0 Å². The first-order valence-electron chi connectivity index (χ1n) is 19.7. The third kappa shape index (κ3) is 4.35. The third-order valence-corrected chi connectivity index (χ3v) is 13.6. The van der Waals surface area contributed by atoms with Crippen LogP contribution in [0.4, 0.5) is 11.4 Å². The van der Waals surface area contributed by atoms with Crippen LogP contribution >= 0.6 is 15.9 Å². The summed E-state index contributed by atoms with van der Waals surface area (Å²) in [6, 6.07) is 50.6. The standard InChI is InChI=1S/C54H31BrN2/c55-52-36(32-20-24-40-38-14-5-7-16-42(38)50-48-34-12-3-1-10-30(34)22-26-46(48)56-53(50)44(40)28-32)18-9-19-37(52)33-21-25-41-39-15-6-8-17-43(39)51-49-35-13-4-2-11-31(35)23-27-47(49)57-54(51)45(41)29-33/h1-29,32-33H.